The first-order chi connectivity index (χ1) is 19.9. The molecule has 3 aromatic carbocycles. The molecule has 1 amide bonds. The largest absolute Gasteiger partial charge is 0.454 e. The number of alkyl halides is 3. The molecule has 1 aliphatic rings. The first kappa shape index (κ1) is 29.1. The van der Waals surface area contributed by atoms with Crippen molar-refractivity contribution in [3.63, 3.8) is 0 Å². The highest BCUT2D eigenvalue weighted by atomic mass is 35.5. The summed E-state index contributed by atoms with van der Waals surface area (Å²) in [6.07, 6.45) is -3.18. The van der Waals surface area contributed by atoms with Gasteiger partial charge >= 0.3 is 12.2 Å². The second-order valence-corrected chi connectivity index (χ2v) is 11.5. The van der Waals surface area contributed by atoms with Crippen molar-refractivity contribution in [3.8, 4) is 6.01 Å². The van der Waals surface area contributed by atoms with Crippen molar-refractivity contribution < 1.29 is 31.1 Å². The van der Waals surface area contributed by atoms with Gasteiger partial charge in [0.15, 0.2) is 6.61 Å². The van der Waals surface area contributed by atoms with E-state index in [1.165, 1.54) is 36.4 Å². The van der Waals surface area contributed by atoms with E-state index in [-0.39, 0.29) is 22.4 Å². The Balaban J connectivity index is 1.35. The Kier molecular flexibility index (Phi) is 7.93. The fraction of sp³-hybridized carbons (Fsp3) is 0.185. The molecular weight excluding hydrogens is 597 g/mol. The minimum atomic E-state index is -4.62. The van der Waals surface area contributed by atoms with Crippen molar-refractivity contribution in [2.24, 2.45) is 0 Å². The number of nitrogens with zero attached hydrogens (tertiary/aromatic N) is 3. The minimum absolute atomic E-state index is 0.0278. The molecular formula is C27H22ClF3N6O4S. The number of sulfonamides is 1. The Morgan fingerprint density at radius 3 is 2.17 bits per heavy atom. The molecule has 0 aliphatic heterocycles. The molecule has 0 spiro atoms. The summed E-state index contributed by atoms with van der Waals surface area (Å²) in [5.74, 6) is -0.967. The average Bonchev–Trinajstić information content (AvgIpc) is 3.72. The number of carbonyl (C=O) groups excluding carboxylic acids is 1. The highest BCUT2D eigenvalue weighted by Crippen LogP contribution is 2.48. The molecule has 10 nitrogen and oxygen atoms in total. The maximum atomic E-state index is 12.8. The van der Waals surface area contributed by atoms with Crippen molar-refractivity contribution in [1.82, 2.24) is 19.7 Å². The van der Waals surface area contributed by atoms with E-state index in [1.807, 2.05) is 16.9 Å². The summed E-state index contributed by atoms with van der Waals surface area (Å²) in [4.78, 5) is 24.3. The Labute approximate surface area is 243 Å². The van der Waals surface area contributed by atoms with E-state index in [2.05, 4.69) is 25.6 Å². The Bertz CT molecular complexity index is 1690. The topological polar surface area (TPSA) is 135 Å². The van der Waals surface area contributed by atoms with Gasteiger partial charge in [-0.25, -0.2) is 13.1 Å². The molecule has 1 aliphatic carbocycles. The van der Waals surface area contributed by atoms with Gasteiger partial charge in [-0.1, -0.05) is 41.9 Å². The maximum absolute atomic E-state index is 12.8. The lowest BCUT2D eigenvalue weighted by molar-refractivity contribution is -0.154. The van der Waals surface area contributed by atoms with Crippen LogP contribution in [0.5, 0.6) is 6.01 Å². The fourth-order valence-electron chi connectivity index (χ4n) is 3.95. The normalized spacial score (nSPS) is 14.1. The van der Waals surface area contributed by atoms with Gasteiger partial charge < -0.3 is 15.4 Å². The van der Waals surface area contributed by atoms with Crippen LogP contribution >= 0.6 is 11.6 Å². The lowest BCUT2D eigenvalue weighted by Crippen LogP contribution is -2.30. The summed E-state index contributed by atoms with van der Waals surface area (Å²) >= 11 is 5.99. The van der Waals surface area contributed by atoms with Crippen LogP contribution in [-0.4, -0.2) is 42.1 Å². The van der Waals surface area contributed by atoms with Crippen LogP contribution in [0.15, 0.2) is 83.8 Å². The lowest BCUT2D eigenvalue weighted by Gasteiger charge is -2.19. The molecule has 1 aromatic heterocycles. The summed E-state index contributed by atoms with van der Waals surface area (Å²) in [7, 11) is -4.19. The number of anilines is 3. The first-order valence-electron chi connectivity index (χ1n) is 12.4. The molecule has 0 bridgehead atoms. The number of benzene rings is 3. The zero-order valence-corrected chi connectivity index (χ0v) is 23.1. The van der Waals surface area contributed by atoms with Crippen LogP contribution < -0.4 is 20.1 Å². The average molecular weight is 619 g/mol. The van der Waals surface area contributed by atoms with Gasteiger partial charge in [-0.05, 0) is 66.9 Å². The zero-order valence-electron chi connectivity index (χ0n) is 21.5. The van der Waals surface area contributed by atoms with Crippen LogP contribution in [0.4, 0.5) is 30.8 Å². The predicted molar refractivity (Wildman–Crippen MR) is 148 cm³/mol. The summed E-state index contributed by atoms with van der Waals surface area (Å²) in [6.45, 7) is -1.61. The van der Waals surface area contributed by atoms with Gasteiger partial charge in [-0.3, -0.25) is 4.79 Å². The smallest absolute Gasteiger partial charge is 0.422 e. The van der Waals surface area contributed by atoms with Crippen molar-refractivity contribution >= 4 is 45.1 Å². The number of aromatic nitrogens is 3. The molecule has 1 fully saturated rings. The molecule has 0 unspecified atom stereocenters. The Morgan fingerprint density at radius 1 is 0.905 bits per heavy atom. The van der Waals surface area contributed by atoms with E-state index in [0.717, 1.165) is 18.4 Å². The van der Waals surface area contributed by atoms with Crippen LogP contribution in [0.3, 0.4) is 0 Å². The lowest BCUT2D eigenvalue weighted by atomic mass is 10.1. The number of hydrogen-bond acceptors (Lipinski definition) is 9. The summed E-state index contributed by atoms with van der Waals surface area (Å²) < 4.78 is 70.6. The van der Waals surface area contributed by atoms with Crippen molar-refractivity contribution in [1.29, 1.82) is 0 Å². The SMILES string of the molecule is O=C(NS(=O)(=O)c1ccc(Nc2nc(NC3(c4ccc(Cl)cc4)CC3)nc(OCC(F)(F)F)n2)cc1)c1ccccc1. The van der Waals surface area contributed by atoms with Crippen LogP contribution in [0.25, 0.3) is 0 Å². The van der Waals surface area contributed by atoms with Crippen molar-refractivity contribution in [2.45, 2.75) is 29.5 Å². The van der Waals surface area contributed by atoms with E-state index in [4.69, 9.17) is 16.3 Å². The van der Waals surface area contributed by atoms with E-state index in [1.54, 1.807) is 30.3 Å². The van der Waals surface area contributed by atoms with Crippen LogP contribution in [0.1, 0.15) is 28.8 Å². The molecule has 0 radical (unpaired) electrons. The third-order valence-corrected chi connectivity index (χ3v) is 7.76. The molecule has 42 heavy (non-hydrogen) atoms. The molecule has 15 heteroatoms. The number of ether oxygens (including phenoxy) is 1. The van der Waals surface area contributed by atoms with Crippen molar-refractivity contribution in [2.75, 3.05) is 17.2 Å². The van der Waals surface area contributed by atoms with Crippen molar-refractivity contribution in [3.05, 3.63) is 95.0 Å². The molecule has 218 valence electrons. The fourth-order valence-corrected chi connectivity index (χ4v) is 5.05. The zero-order chi connectivity index (χ0) is 30.0. The second-order valence-electron chi connectivity index (χ2n) is 9.33. The van der Waals surface area contributed by atoms with Crippen LogP contribution in [0, 0.1) is 0 Å². The molecule has 1 saturated carbocycles. The second kappa shape index (κ2) is 11.4. The van der Waals surface area contributed by atoms with Gasteiger partial charge in [0.2, 0.25) is 11.9 Å². The highest BCUT2D eigenvalue weighted by Gasteiger charge is 2.45. The number of amides is 1. The third kappa shape index (κ3) is 7.25. The van der Waals surface area contributed by atoms with E-state index >= 15 is 0 Å². The van der Waals surface area contributed by atoms with Gasteiger partial charge in [-0.15, -0.1) is 0 Å². The molecule has 1 heterocycles. The highest BCUT2D eigenvalue weighted by molar-refractivity contribution is 7.90. The van der Waals surface area contributed by atoms with Crippen LogP contribution in [0.2, 0.25) is 5.02 Å². The molecule has 5 rings (SSSR count). The molecule has 0 saturated heterocycles. The molecule has 3 N–H and O–H groups in total. The quantitative estimate of drug-likeness (QED) is 0.213. The monoisotopic (exact) mass is 618 g/mol. The van der Waals surface area contributed by atoms with Gasteiger partial charge in [0.05, 0.1) is 10.4 Å². The van der Waals surface area contributed by atoms with Gasteiger partial charge in [-0.2, -0.15) is 28.1 Å². The summed E-state index contributed by atoms with van der Waals surface area (Å²) in [5.41, 5.74) is 0.841. The molecule has 4 aromatic rings. The van der Waals surface area contributed by atoms with Crippen LogP contribution in [-0.2, 0) is 15.6 Å². The first-order valence-corrected chi connectivity index (χ1v) is 14.3. The molecule has 0 atom stereocenters. The number of rotatable bonds is 10. The summed E-state index contributed by atoms with van der Waals surface area (Å²) in [5, 5.41) is 6.54. The standard InChI is InChI=1S/C27H22ClF3N6O4S/c28-19-8-6-18(7-9-19)26(14-15-26)36-24-33-23(34-25(35-24)41-16-27(29,30)31)32-20-10-12-21(13-11-20)42(39,40)37-22(38)17-4-2-1-3-5-17/h1-13H,14-16H2,(H,37,38)(H2,32,33,34,35,36). The predicted octanol–water partition coefficient (Wildman–Crippen LogP) is 5.43. The maximum Gasteiger partial charge on any atom is 0.422 e. The number of halogens is 4. The van der Waals surface area contributed by atoms with Gasteiger partial charge in [0.1, 0.15) is 0 Å². The van der Waals surface area contributed by atoms with E-state index in [9.17, 15) is 26.4 Å². The van der Waals surface area contributed by atoms with Gasteiger partial charge in [0.25, 0.3) is 15.9 Å². The minimum Gasteiger partial charge on any atom is -0.454 e. The number of hydrogen-bond donors (Lipinski definition) is 3. The number of nitrogens with one attached hydrogen (secondary N) is 3. The third-order valence-electron chi connectivity index (χ3n) is 6.16. The Morgan fingerprint density at radius 2 is 1.55 bits per heavy atom. The number of carbonyl (C=O) groups is 1. The van der Waals surface area contributed by atoms with E-state index in [0.29, 0.717) is 10.7 Å². The Hall–Kier alpha value is -4.43. The summed E-state index contributed by atoms with van der Waals surface area (Å²) in [6, 6.07) is 19.7. The van der Waals surface area contributed by atoms with Gasteiger partial charge in [0, 0.05) is 16.3 Å². The van der Waals surface area contributed by atoms with E-state index < -0.39 is 40.3 Å².